The van der Waals surface area contributed by atoms with Crippen molar-refractivity contribution in [2.75, 3.05) is 13.6 Å². The third-order valence-corrected chi connectivity index (χ3v) is 5.50. The van der Waals surface area contributed by atoms with Gasteiger partial charge in [-0.1, -0.05) is 12.8 Å². The number of likely N-dealkylation sites (N-methyl/N-ethyl adjacent to an activating group) is 1. The summed E-state index contributed by atoms with van der Waals surface area (Å²) in [6, 6.07) is 0.870. The second kappa shape index (κ2) is 6.44. The van der Waals surface area contributed by atoms with E-state index in [4.69, 9.17) is 0 Å². The van der Waals surface area contributed by atoms with Crippen molar-refractivity contribution < 1.29 is 9.59 Å². The van der Waals surface area contributed by atoms with E-state index in [2.05, 4.69) is 10.6 Å². The second-order valence-electron chi connectivity index (χ2n) is 6.81. The summed E-state index contributed by atoms with van der Waals surface area (Å²) in [5, 5.41) is 7.25. The molecule has 3 fully saturated rings. The van der Waals surface area contributed by atoms with Crippen LogP contribution in [-0.2, 0) is 9.59 Å². The van der Waals surface area contributed by atoms with Crippen molar-refractivity contribution in [3.8, 4) is 0 Å². The summed E-state index contributed by atoms with van der Waals surface area (Å²) in [6.45, 7) is 1.13. The summed E-state index contributed by atoms with van der Waals surface area (Å²) in [5.74, 6) is 0.546. The molecule has 0 aromatic heterocycles. The number of likely N-dealkylation sites (tertiary alicyclic amines) is 1. The van der Waals surface area contributed by atoms with Gasteiger partial charge in [0.25, 0.3) is 0 Å². The molecule has 0 aromatic carbocycles. The minimum absolute atomic E-state index is 0.0463. The highest BCUT2D eigenvalue weighted by atomic mass is 16.2. The van der Waals surface area contributed by atoms with Crippen molar-refractivity contribution in [3.63, 3.8) is 0 Å². The molecule has 3 aliphatic rings. The van der Waals surface area contributed by atoms with Crippen LogP contribution in [0.5, 0.6) is 0 Å². The Hall–Kier alpha value is -0.940. The lowest BCUT2D eigenvalue weighted by Crippen LogP contribution is -2.56. The third-order valence-electron chi connectivity index (χ3n) is 5.50. The highest BCUT2D eigenvalue weighted by Crippen LogP contribution is 2.32. The van der Waals surface area contributed by atoms with Gasteiger partial charge in [0.05, 0.1) is 6.04 Å². The number of carbonyl (C=O) groups excluding carboxylic acids is 2. The maximum atomic E-state index is 12.2. The van der Waals surface area contributed by atoms with Crippen LogP contribution in [-0.4, -0.2) is 48.4 Å². The Labute approximate surface area is 126 Å². The molecule has 21 heavy (non-hydrogen) atoms. The van der Waals surface area contributed by atoms with Crippen LogP contribution in [0.15, 0.2) is 0 Å². The van der Waals surface area contributed by atoms with Gasteiger partial charge >= 0.3 is 0 Å². The number of rotatable bonds is 3. The fourth-order valence-electron chi connectivity index (χ4n) is 4.25. The fraction of sp³-hybridized carbons (Fsp3) is 0.875. The molecular formula is C16H27N3O2. The Bertz CT molecular complexity index is 406. The number of amides is 2. The van der Waals surface area contributed by atoms with Crippen LogP contribution in [0.25, 0.3) is 0 Å². The summed E-state index contributed by atoms with van der Waals surface area (Å²) >= 11 is 0. The number of imide groups is 1. The average molecular weight is 293 g/mol. The van der Waals surface area contributed by atoms with Crippen LogP contribution < -0.4 is 10.6 Å². The van der Waals surface area contributed by atoms with Crippen LogP contribution in [0, 0.1) is 5.92 Å². The Morgan fingerprint density at radius 1 is 1.10 bits per heavy atom. The summed E-state index contributed by atoms with van der Waals surface area (Å²) in [4.78, 5) is 25.1. The van der Waals surface area contributed by atoms with Gasteiger partial charge in [-0.15, -0.1) is 0 Å². The zero-order chi connectivity index (χ0) is 14.8. The number of nitrogens with zero attached hydrogens (tertiary/aromatic N) is 1. The van der Waals surface area contributed by atoms with Gasteiger partial charge in [0.15, 0.2) is 0 Å². The molecule has 4 atom stereocenters. The Kier molecular flexibility index (Phi) is 4.60. The molecule has 5 nitrogen and oxygen atoms in total. The minimum Gasteiger partial charge on any atom is -0.314 e. The van der Waals surface area contributed by atoms with E-state index < -0.39 is 0 Å². The summed E-state index contributed by atoms with van der Waals surface area (Å²) in [6.07, 6.45) is 8.67. The van der Waals surface area contributed by atoms with Crippen LogP contribution >= 0.6 is 0 Å². The molecule has 2 aliphatic heterocycles. The van der Waals surface area contributed by atoms with Crippen molar-refractivity contribution in [2.45, 2.75) is 69.5 Å². The summed E-state index contributed by atoms with van der Waals surface area (Å²) in [7, 11) is 1.60. The van der Waals surface area contributed by atoms with Gasteiger partial charge in [0.1, 0.15) is 0 Å². The van der Waals surface area contributed by atoms with Gasteiger partial charge in [-0.3, -0.25) is 14.5 Å². The molecule has 118 valence electrons. The fourth-order valence-corrected chi connectivity index (χ4v) is 4.25. The molecule has 1 aliphatic carbocycles. The first-order chi connectivity index (χ1) is 10.2. The molecule has 0 aromatic rings. The maximum Gasteiger partial charge on any atom is 0.246 e. The number of hydrogen-bond acceptors (Lipinski definition) is 4. The molecule has 0 spiro atoms. The average Bonchev–Trinajstić information content (AvgIpc) is 2.97. The SMILES string of the molecule is CN1C(=O)CCC(NC2CCCC2C2CCCCN2)C1=O. The summed E-state index contributed by atoms with van der Waals surface area (Å²) < 4.78 is 0. The molecule has 3 rings (SSSR count). The second-order valence-corrected chi connectivity index (χ2v) is 6.81. The topological polar surface area (TPSA) is 61.4 Å². The van der Waals surface area contributed by atoms with Gasteiger partial charge in [-0.25, -0.2) is 0 Å². The molecule has 2 N–H and O–H groups in total. The Balaban J connectivity index is 1.60. The molecule has 2 amide bonds. The molecule has 2 saturated heterocycles. The molecule has 0 bridgehead atoms. The molecular weight excluding hydrogens is 266 g/mol. The van der Waals surface area contributed by atoms with Crippen LogP contribution in [0.2, 0.25) is 0 Å². The lowest BCUT2D eigenvalue weighted by Gasteiger charge is -2.36. The van der Waals surface area contributed by atoms with Crippen molar-refractivity contribution in [2.24, 2.45) is 5.92 Å². The quantitative estimate of drug-likeness (QED) is 0.763. The molecule has 4 unspecified atom stereocenters. The number of carbonyl (C=O) groups is 2. The van der Waals surface area contributed by atoms with Gasteiger partial charge in [0.2, 0.25) is 11.8 Å². The maximum absolute atomic E-state index is 12.2. The zero-order valence-electron chi connectivity index (χ0n) is 12.9. The van der Waals surface area contributed by atoms with E-state index in [0.717, 1.165) is 13.0 Å². The highest BCUT2D eigenvalue weighted by molar-refractivity contribution is 6.00. The zero-order valence-corrected chi connectivity index (χ0v) is 12.9. The lowest BCUT2D eigenvalue weighted by atomic mass is 9.87. The van der Waals surface area contributed by atoms with Crippen LogP contribution in [0.1, 0.15) is 51.4 Å². The van der Waals surface area contributed by atoms with Crippen LogP contribution in [0.3, 0.4) is 0 Å². The first-order valence-corrected chi connectivity index (χ1v) is 8.46. The van der Waals surface area contributed by atoms with Crippen molar-refractivity contribution >= 4 is 11.8 Å². The van der Waals surface area contributed by atoms with E-state index in [1.807, 2.05) is 0 Å². The number of nitrogens with one attached hydrogen (secondary N) is 2. The number of hydrogen-bond donors (Lipinski definition) is 2. The standard InChI is InChI=1S/C16H27N3O2/c1-19-15(20)9-8-14(16(19)21)18-13-7-4-5-11(13)12-6-2-3-10-17-12/h11-14,17-18H,2-10H2,1H3. The molecule has 5 heteroatoms. The first-order valence-electron chi connectivity index (χ1n) is 8.46. The molecule has 0 radical (unpaired) electrons. The van der Waals surface area contributed by atoms with Gasteiger partial charge < -0.3 is 10.6 Å². The van der Waals surface area contributed by atoms with E-state index in [-0.39, 0.29) is 17.9 Å². The predicted octanol–water partition coefficient (Wildman–Crippen LogP) is 1.03. The van der Waals surface area contributed by atoms with E-state index in [0.29, 0.717) is 30.8 Å². The van der Waals surface area contributed by atoms with Crippen molar-refractivity contribution in [1.29, 1.82) is 0 Å². The largest absolute Gasteiger partial charge is 0.314 e. The first kappa shape index (κ1) is 15.0. The van der Waals surface area contributed by atoms with Crippen LogP contribution in [0.4, 0.5) is 0 Å². The predicted molar refractivity (Wildman–Crippen MR) is 80.7 cm³/mol. The van der Waals surface area contributed by atoms with Crippen molar-refractivity contribution in [1.82, 2.24) is 15.5 Å². The van der Waals surface area contributed by atoms with E-state index >= 15 is 0 Å². The van der Waals surface area contributed by atoms with Crippen molar-refractivity contribution in [3.05, 3.63) is 0 Å². The Morgan fingerprint density at radius 2 is 1.95 bits per heavy atom. The van der Waals surface area contributed by atoms with Gasteiger partial charge in [-0.05, 0) is 44.6 Å². The minimum atomic E-state index is -0.165. The lowest BCUT2D eigenvalue weighted by molar-refractivity contribution is -0.148. The smallest absolute Gasteiger partial charge is 0.246 e. The summed E-state index contributed by atoms with van der Waals surface area (Å²) in [5.41, 5.74) is 0. The van der Waals surface area contributed by atoms with Gasteiger partial charge in [0, 0.05) is 25.6 Å². The third kappa shape index (κ3) is 3.14. The normalized spacial score (nSPS) is 38.0. The van der Waals surface area contributed by atoms with Gasteiger partial charge in [-0.2, -0.15) is 0 Å². The Morgan fingerprint density at radius 3 is 2.71 bits per heavy atom. The van der Waals surface area contributed by atoms with E-state index in [1.54, 1.807) is 7.05 Å². The number of piperidine rings is 2. The van der Waals surface area contributed by atoms with E-state index in [1.165, 1.54) is 37.0 Å². The molecule has 1 saturated carbocycles. The highest BCUT2D eigenvalue weighted by Gasteiger charge is 2.38. The molecule has 2 heterocycles. The monoisotopic (exact) mass is 293 g/mol. The van der Waals surface area contributed by atoms with E-state index in [9.17, 15) is 9.59 Å².